The zero-order valence-corrected chi connectivity index (χ0v) is 13.3. The summed E-state index contributed by atoms with van der Waals surface area (Å²) in [6, 6.07) is 5.52. The van der Waals surface area contributed by atoms with Crippen LogP contribution in [0.1, 0.15) is 43.5 Å². The third kappa shape index (κ3) is 3.49. The molecule has 116 valence electrons. The second-order valence-corrected chi connectivity index (χ2v) is 5.91. The molecule has 4 heteroatoms. The van der Waals surface area contributed by atoms with Crippen LogP contribution in [0.4, 0.5) is 0 Å². The highest BCUT2D eigenvalue weighted by Crippen LogP contribution is 2.30. The lowest BCUT2D eigenvalue weighted by atomic mass is 9.78. The molecule has 21 heavy (non-hydrogen) atoms. The van der Waals surface area contributed by atoms with Gasteiger partial charge in [-0.3, -0.25) is 4.79 Å². The average Bonchev–Trinajstić information content (AvgIpc) is 2.51. The molecule has 0 aromatic heterocycles. The molecule has 0 bridgehead atoms. The number of carbonyl (C=O) groups excluding carboxylic acids is 1. The van der Waals surface area contributed by atoms with Crippen molar-refractivity contribution in [1.82, 2.24) is 5.32 Å². The van der Waals surface area contributed by atoms with E-state index in [2.05, 4.69) is 19.2 Å². The Morgan fingerprint density at radius 2 is 1.95 bits per heavy atom. The van der Waals surface area contributed by atoms with Crippen LogP contribution in [0.2, 0.25) is 0 Å². The van der Waals surface area contributed by atoms with E-state index >= 15 is 0 Å². The first-order chi connectivity index (χ1) is 10.1. The van der Waals surface area contributed by atoms with Gasteiger partial charge in [-0.25, -0.2) is 0 Å². The van der Waals surface area contributed by atoms with Gasteiger partial charge in [0.05, 0.1) is 19.8 Å². The molecule has 1 N–H and O–H groups in total. The monoisotopic (exact) mass is 291 g/mol. The van der Waals surface area contributed by atoms with Crippen LogP contribution in [0.15, 0.2) is 18.2 Å². The first kappa shape index (κ1) is 15.7. The van der Waals surface area contributed by atoms with E-state index < -0.39 is 0 Å². The van der Waals surface area contributed by atoms with Crippen LogP contribution in [0, 0.1) is 11.8 Å². The number of rotatable bonds is 4. The molecule has 2 rings (SSSR count). The topological polar surface area (TPSA) is 47.6 Å². The highest BCUT2D eigenvalue weighted by atomic mass is 16.5. The van der Waals surface area contributed by atoms with Gasteiger partial charge >= 0.3 is 0 Å². The standard InChI is InChI=1S/C17H25NO3/c1-11-6-5-7-15(12(11)2)18-17(19)14-10-13(20-3)8-9-16(14)21-4/h8-12,15H,5-7H2,1-4H3,(H,18,19). The minimum Gasteiger partial charge on any atom is -0.497 e. The average molecular weight is 291 g/mol. The van der Waals surface area contributed by atoms with Crippen LogP contribution in [-0.2, 0) is 0 Å². The molecule has 3 unspecified atom stereocenters. The first-order valence-corrected chi connectivity index (χ1v) is 7.59. The lowest BCUT2D eigenvalue weighted by molar-refractivity contribution is 0.0887. The Balaban J connectivity index is 2.16. The molecule has 0 spiro atoms. The Bertz CT molecular complexity index is 501. The van der Waals surface area contributed by atoms with E-state index in [1.165, 1.54) is 12.8 Å². The predicted molar refractivity (Wildman–Crippen MR) is 83.0 cm³/mol. The quantitative estimate of drug-likeness (QED) is 0.926. The van der Waals surface area contributed by atoms with Crippen LogP contribution in [0.5, 0.6) is 11.5 Å². The number of nitrogens with one attached hydrogen (secondary N) is 1. The highest BCUT2D eigenvalue weighted by Gasteiger charge is 2.29. The summed E-state index contributed by atoms with van der Waals surface area (Å²) in [7, 11) is 3.16. The molecule has 0 heterocycles. The predicted octanol–water partition coefficient (Wildman–Crippen LogP) is 3.26. The molecule has 1 aromatic carbocycles. The van der Waals surface area contributed by atoms with Gasteiger partial charge in [0.15, 0.2) is 0 Å². The molecule has 1 aromatic rings. The molecule has 1 amide bonds. The van der Waals surface area contributed by atoms with Gasteiger partial charge in [0, 0.05) is 6.04 Å². The number of amides is 1. The first-order valence-electron chi connectivity index (χ1n) is 7.59. The normalized spacial score (nSPS) is 25.2. The molecule has 1 saturated carbocycles. The lowest BCUT2D eigenvalue weighted by Crippen LogP contribution is -2.43. The molecule has 0 radical (unpaired) electrons. The van der Waals surface area contributed by atoms with Gasteiger partial charge in [0.1, 0.15) is 11.5 Å². The van der Waals surface area contributed by atoms with Gasteiger partial charge in [0.2, 0.25) is 0 Å². The van der Waals surface area contributed by atoms with Crippen LogP contribution in [0.3, 0.4) is 0 Å². The SMILES string of the molecule is COc1ccc(OC)c(C(=O)NC2CCCC(C)C2C)c1. The Morgan fingerprint density at radius 3 is 2.62 bits per heavy atom. The molecule has 1 aliphatic rings. The largest absolute Gasteiger partial charge is 0.497 e. The maximum atomic E-state index is 12.6. The van der Waals surface area contributed by atoms with Gasteiger partial charge < -0.3 is 14.8 Å². The maximum absolute atomic E-state index is 12.6. The molecule has 4 nitrogen and oxygen atoms in total. The Morgan fingerprint density at radius 1 is 1.19 bits per heavy atom. The molecular formula is C17H25NO3. The third-order valence-electron chi connectivity index (χ3n) is 4.67. The van der Waals surface area contributed by atoms with E-state index in [0.29, 0.717) is 28.9 Å². The summed E-state index contributed by atoms with van der Waals surface area (Å²) in [5.74, 6) is 2.29. The fourth-order valence-electron chi connectivity index (χ4n) is 3.02. The van der Waals surface area contributed by atoms with E-state index in [-0.39, 0.29) is 11.9 Å². The highest BCUT2D eigenvalue weighted by molar-refractivity contribution is 5.97. The number of benzene rings is 1. The van der Waals surface area contributed by atoms with Gasteiger partial charge in [-0.1, -0.05) is 26.7 Å². The summed E-state index contributed by atoms with van der Waals surface area (Å²) in [5, 5.41) is 3.17. The Hall–Kier alpha value is -1.71. The number of hydrogen-bond acceptors (Lipinski definition) is 3. The Labute approximate surface area is 126 Å². The summed E-state index contributed by atoms with van der Waals surface area (Å²) >= 11 is 0. The summed E-state index contributed by atoms with van der Waals surface area (Å²) in [5.41, 5.74) is 0.530. The van der Waals surface area contributed by atoms with E-state index in [1.807, 2.05) is 0 Å². The van der Waals surface area contributed by atoms with Crippen LogP contribution < -0.4 is 14.8 Å². The zero-order chi connectivity index (χ0) is 15.4. The summed E-state index contributed by atoms with van der Waals surface area (Å²) in [4.78, 5) is 12.6. The number of hydrogen-bond donors (Lipinski definition) is 1. The maximum Gasteiger partial charge on any atom is 0.255 e. The second kappa shape index (κ2) is 6.83. The van der Waals surface area contributed by atoms with E-state index in [1.54, 1.807) is 32.4 Å². The molecule has 0 aliphatic heterocycles. The van der Waals surface area contributed by atoms with Crippen LogP contribution >= 0.6 is 0 Å². The number of ether oxygens (including phenoxy) is 2. The van der Waals surface area contributed by atoms with Crippen molar-refractivity contribution in [2.45, 2.75) is 39.2 Å². The van der Waals surface area contributed by atoms with E-state index in [4.69, 9.17) is 9.47 Å². The van der Waals surface area contributed by atoms with Crippen molar-refractivity contribution in [1.29, 1.82) is 0 Å². The summed E-state index contributed by atoms with van der Waals surface area (Å²) in [6.07, 6.45) is 3.46. The fraction of sp³-hybridized carbons (Fsp3) is 0.588. The lowest BCUT2D eigenvalue weighted by Gasteiger charge is -2.34. The summed E-state index contributed by atoms with van der Waals surface area (Å²) < 4.78 is 10.5. The van der Waals surface area contributed by atoms with Crippen molar-refractivity contribution in [3.63, 3.8) is 0 Å². The molecule has 0 saturated heterocycles. The minimum absolute atomic E-state index is 0.0864. The molecule has 1 fully saturated rings. The fourth-order valence-corrected chi connectivity index (χ4v) is 3.02. The van der Waals surface area contributed by atoms with Crippen LogP contribution in [0.25, 0.3) is 0 Å². The zero-order valence-electron chi connectivity index (χ0n) is 13.3. The molecule has 1 aliphatic carbocycles. The van der Waals surface area contributed by atoms with Gasteiger partial charge in [-0.2, -0.15) is 0 Å². The van der Waals surface area contributed by atoms with Crippen molar-refractivity contribution >= 4 is 5.91 Å². The van der Waals surface area contributed by atoms with Gasteiger partial charge in [-0.05, 0) is 36.5 Å². The second-order valence-electron chi connectivity index (χ2n) is 5.91. The molecule has 3 atom stereocenters. The third-order valence-corrected chi connectivity index (χ3v) is 4.67. The van der Waals surface area contributed by atoms with Crippen molar-refractivity contribution < 1.29 is 14.3 Å². The van der Waals surface area contributed by atoms with Crippen molar-refractivity contribution in [3.05, 3.63) is 23.8 Å². The number of carbonyl (C=O) groups is 1. The van der Waals surface area contributed by atoms with Gasteiger partial charge in [-0.15, -0.1) is 0 Å². The van der Waals surface area contributed by atoms with Crippen LogP contribution in [-0.4, -0.2) is 26.2 Å². The van der Waals surface area contributed by atoms with Gasteiger partial charge in [0.25, 0.3) is 5.91 Å². The molecular weight excluding hydrogens is 266 g/mol. The van der Waals surface area contributed by atoms with Crippen molar-refractivity contribution in [2.75, 3.05) is 14.2 Å². The van der Waals surface area contributed by atoms with Crippen molar-refractivity contribution in [2.24, 2.45) is 11.8 Å². The summed E-state index contributed by atoms with van der Waals surface area (Å²) in [6.45, 7) is 4.48. The minimum atomic E-state index is -0.0864. The van der Waals surface area contributed by atoms with E-state index in [0.717, 1.165) is 6.42 Å². The number of methoxy groups -OCH3 is 2. The van der Waals surface area contributed by atoms with Crippen molar-refractivity contribution in [3.8, 4) is 11.5 Å². The Kier molecular flexibility index (Phi) is 5.10. The van der Waals surface area contributed by atoms with E-state index in [9.17, 15) is 4.79 Å². The smallest absolute Gasteiger partial charge is 0.255 e.